The number of carbonyl (C=O) groups excluding carboxylic acids is 3. The van der Waals surface area contributed by atoms with E-state index >= 15 is 0 Å². The minimum Gasteiger partial charge on any atom is -0.326 e. The molecule has 6 nitrogen and oxygen atoms in total. The van der Waals surface area contributed by atoms with Gasteiger partial charge in [0, 0.05) is 24.2 Å². The summed E-state index contributed by atoms with van der Waals surface area (Å²) in [5.41, 5.74) is 1.56. The maximum Gasteiger partial charge on any atom is 0.257 e. The summed E-state index contributed by atoms with van der Waals surface area (Å²) in [5.74, 6) is -3.55. The first-order valence-corrected chi connectivity index (χ1v) is 13.0. The number of benzene rings is 3. The summed E-state index contributed by atoms with van der Waals surface area (Å²) in [6.07, 6.45) is 0. The molecule has 0 radical (unpaired) electrons. The van der Waals surface area contributed by atoms with Gasteiger partial charge in [-0.05, 0) is 60.5 Å². The van der Waals surface area contributed by atoms with Crippen molar-refractivity contribution >= 4 is 92.8 Å². The molecule has 0 bridgehead atoms. The number of hydrogen-bond donors (Lipinski definition) is 3. The summed E-state index contributed by atoms with van der Waals surface area (Å²) >= 11 is 31.1. The van der Waals surface area contributed by atoms with Crippen LogP contribution in [0.2, 0.25) is 15.1 Å². The molecule has 2 atom stereocenters. The van der Waals surface area contributed by atoms with Crippen molar-refractivity contribution in [2.24, 2.45) is 5.92 Å². The minimum absolute atomic E-state index is 0.0205. The van der Waals surface area contributed by atoms with E-state index in [1.165, 1.54) is 31.2 Å². The van der Waals surface area contributed by atoms with Crippen molar-refractivity contribution in [1.82, 2.24) is 0 Å². The Morgan fingerprint density at radius 2 is 1.53 bits per heavy atom. The molecule has 3 aromatic carbocycles. The van der Waals surface area contributed by atoms with Crippen molar-refractivity contribution in [2.45, 2.75) is 24.1 Å². The summed E-state index contributed by atoms with van der Waals surface area (Å²) in [6, 6.07) is 11.8. The van der Waals surface area contributed by atoms with Crippen LogP contribution >= 0.6 is 58.0 Å². The second-order valence-corrected chi connectivity index (χ2v) is 11.4. The number of alkyl halides is 2. The average Bonchev–Trinajstić information content (AvgIpc) is 3.41. The predicted octanol–water partition coefficient (Wildman–Crippen LogP) is 7.83. The Balaban J connectivity index is 1.50. The second-order valence-electron chi connectivity index (χ2n) is 8.77. The zero-order valence-corrected chi connectivity index (χ0v) is 23.5. The summed E-state index contributed by atoms with van der Waals surface area (Å²) in [6.45, 7) is 2.85. The van der Waals surface area contributed by atoms with E-state index in [4.69, 9.17) is 58.0 Å². The second kappa shape index (κ2) is 10.9. The van der Waals surface area contributed by atoms with Crippen LogP contribution in [-0.2, 0) is 9.59 Å². The third-order valence-electron chi connectivity index (χ3n) is 5.96. The van der Waals surface area contributed by atoms with Gasteiger partial charge in [-0.25, -0.2) is 4.39 Å². The fraction of sp³-hybridized carbons (Fsp3) is 0.192. The zero-order valence-electron chi connectivity index (χ0n) is 19.8. The lowest BCUT2D eigenvalue weighted by molar-refractivity contribution is -0.117. The van der Waals surface area contributed by atoms with Gasteiger partial charge in [0.15, 0.2) is 0 Å². The summed E-state index contributed by atoms with van der Waals surface area (Å²) < 4.78 is 13.1. The van der Waals surface area contributed by atoms with Crippen LogP contribution in [0, 0.1) is 18.7 Å². The molecule has 0 heterocycles. The van der Waals surface area contributed by atoms with Gasteiger partial charge >= 0.3 is 0 Å². The van der Waals surface area contributed by atoms with Gasteiger partial charge in [-0.3, -0.25) is 14.4 Å². The Morgan fingerprint density at radius 3 is 2.16 bits per heavy atom. The third kappa shape index (κ3) is 5.87. The molecule has 1 saturated carbocycles. The van der Waals surface area contributed by atoms with Gasteiger partial charge in [0.2, 0.25) is 11.8 Å². The smallest absolute Gasteiger partial charge is 0.257 e. The van der Waals surface area contributed by atoms with E-state index in [9.17, 15) is 18.8 Å². The van der Waals surface area contributed by atoms with Gasteiger partial charge in [-0.15, -0.1) is 23.2 Å². The van der Waals surface area contributed by atoms with E-state index < -0.39 is 39.7 Å². The SMILES string of the molecule is CC(=O)Nc1c(C)cc(NC(=O)c2cc(NC(=O)C3C(c4ccc(Cl)c(Cl)c4)C3(Cl)Cl)ccc2Cl)cc1F. The van der Waals surface area contributed by atoms with Crippen LogP contribution in [0.3, 0.4) is 0 Å². The van der Waals surface area contributed by atoms with Gasteiger partial charge in [-0.2, -0.15) is 0 Å². The highest BCUT2D eigenvalue weighted by Gasteiger charge is 2.67. The third-order valence-corrected chi connectivity index (χ3v) is 7.97. The molecule has 1 aliphatic rings. The normalized spacial score (nSPS) is 17.5. The monoisotopic (exact) mass is 615 g/mol. The standard InChI is InChI=1S/C26H19Cl5FN3O3/c1-11-7-15(10-20(32)23(11)33-12(2)36)35-24(37)16-9-14(4-6-17(16)27)34-25(38)22-21(26(22,30)31)13-3-5-18(28)19(29)8-13/h3-10,21-22H,1-2H3,(H,33,36)(H,34,38)(H,35,37). The number of hydrogen-bond acceptors (Lipinski definition) is 3. The molecule has 1 fully saturated rings. The quantitative estimate of drug-likeness (QED) is 0.247. The summed E-state index contributed by atoms with van der Waals surface area (Å²) in [4.78, 5) is 37.3. The molecule has 2 unspecified atom stereocenters. The first-order valence-electron chi connectivity index (χ1n) is 11.1. The fourth-order valence-electron chi connectivity index (χ4n) is 4.12. The highest BCUT2D eigenvalue weighted by atomic mass is 35.5. The van der Waals surface area contributed by atoms with Crippen LogP contribution in [0.25, 0.3) is 0 Å². The number of halogens is 6. The van der Waals surface area contributed by atoms with Crippen LogP contribution in [0.1, 0.15) is 34.3 Å². The van der Waals surface area contributed by atoms with Crippen LogP contribution in [0.15, 0.2) is 48.5 Å². The summed E-state index contributed by atoms with van der Waals surface area (Å²) in [7, 11) is 0. The molecule has 0 aliphatic heterocycles. The van der Waals surface area contributed by atoms with Crippen molar-refractivity contribution < 1.29 is 18.8 Å². The molecular formula is C26H19Cl5FN3O3. The van der Waals surface area contributed by atoms with Crippen molar-refractivity contribution in [3.8, 4) is 0 Å². The molecule has 0 saturated heterocycles. The minimum atomic E-state index is -1.36. The average molecular weight is 618 g/mol. The Labute approximate surface area is 242 Å². The Hall–Kier alpha value is -2.55. The number of nitrogens with one attached hydrogen (secondary N) is 3. The molecule has 3 N–H and O–H groups in total. The molecule has 0 spiro atoms. The van der Waals surface area contributed by atoms with Crippen molar-refractivity contribution in [2.75, 3.05) is 16.0 Å². The molecule has 4 rings (SSSR count). The largest absolute Gasteiger partial charge is 0.326 e. The first-order chi connectivity index (χ1) is 17.8. The lowest BCUT2D eigenvalue weighted by Crippen LogP contribution is -2.18. The number of anilines is 3. The fourth-order valence-corrected chi connectivity index (χ4v) is 5.46. The molecular weight excluding hydrogens is 599 g/mol. The van der Waals surface area contributed by atoms with E-state index in [-0.39, 0.29) is 27.6 Å². The van der Waals surface area contributed by atoms with E-state index in [2.05, 4.69) is 16.0 Å². The number of aryl methyl sites for hydroxylation is 1. The van der Waals surface area contributed by atoms with E-state index in [1.54, 1.807) is 25.1 Å². The van der Waals surface area contributed by atoms with Gasteiger partial charge in [0.25, 0.3) is 5.91 Å². The lowest BCUT2D eigenvalue weighted by Gasteiger charge is -2.13. The number of carbonyl (C=O) groups is 3. The van der Waals surface area contributed by atoms with Crippen LogP contribution in [0.5, 0.6) is 0 Å². The Morgan fingerprint density at radius 1 is 0.842 bits per heavy atom. The van der Waals surface area contributed by atoms with Gasteiger partial charge < -0.3 is 16.0 Å². The Bertz CT molecular complexity index is 1460. The molecule has 1 aliphatic carbocycles. The van der Waals surface area contributed by atoms with Crippen LogP contribution in [0.4, 0.5) is 21.5 Å². The van der Waals surface area contributed by atoms with Crippen molar-refractivity contribution in [3.63, 3.8) is 0 Å². The number of rotatable bonds is 6. The van der Waals surface area contributed by atoms with Crippen LogP contribution in [-0.4, -0.2) is 22.1 Å². The molecule has 38 heavy (non-hydrogen) atoms. The van der Waals surface area contributed by atoms with E-state index in [1.807, 2.05) is 0 Å². The van der Waals surface area contributed by atoms with Crippen molar-refractivity contribution in [3.05, 3.63) is 86.1 Å². The highest BCUT2D eigenvalue weighted by Crippen LogP contribution is 2.65. The van der Waals surface area contributed by atoms with Gasteiger partial charge in [-0.1, -0.05) is 40.9 Å². The zero-order chi connectivity index (χ0) is 27.9. The van der Waals surface area contributed by atoms with E-state index in [0.717, 1.165) is 6.07 Å². The molecule has 198 valence electrons. The van der Waals surface area contributed by atoms with Crippen LogP contribution < -0.4 is 16.0 Å². The molecule has 12 heteroatoms. The van der Waals surface area contributed by atoms with Crippen molar-refractivity contribution in [1.29, 1.82) is 0 Å². The number of amides is 3. The maximum absolute atomic E-state index is 14.5. The maximum atomic E-state index is 14.5. The molecule has 3 amide bonds. The predicted molar refractivity (Wildman–Crippen MR) is 151 cm³/mol. The molecule has 3 aromatic rings. The highest BCUT2D eigenvalue weighted by molar-refractivity contribution is 6.53. The summed E-state index contributed by atoms with van der Waals surface area (Å²) in [5, 5.41) is 8.47. The van der Waals surface area contributed by atoms with Gasteiger partial charge in [0.05, 0.1) is 32.2 Å². The van der Waals surface area contributed by atoms with E-state index in [0.29, 0.717) is 21.2 Å². The topological polar surface area (TPSA) is 87.3 Å². The first kappa shape index (κ1) is 28.5. The van der Waals surface area contributed by atoms with Gasteiger partial charge in [0.1, 0.15) is 10.2 Å². The Kier molecular flexibility index (Phi) is 8.17. The lowest BCUT2D eigenvalue weighted by atomic mass is 10.1. The molecule has 0 aromatic heterocycles.